The van der Waals surface area contributed by atoms with Crippen LogP contribution in [0.15, 0.2) is 23.0 Å². The molecule has 0 unspecified atom stereocenters. The van der Waals surface area contributed by atoms with Crippen LogP contribution in [0.3, 0.4) is 0 Å². The van der Waals surface area contributed by atoms with Crippen LogP contribution >= 0.6 is 11.3 Å². The lowest BCUT2D eigenvalue weighted by Crippen LogP contribution is -2.14. The van der Waals surface area contributed by atoms with E-state index in [2.05, 4.69) is 39.6 Å². The van der Waals surface area contributed by atoms with Gasteiger partial charge in [0.05, 0.1) is 6.54 Å². The standard InChI is InChI=1S/C13H15N5OS/c1-3-9-4-5-10(20-9)7-14-11-6-12-16-17-13(19)18(12)8(2)15-11/h4-6,14H,3,7H2,1-2H3,(H,17,19). The molecular formula is C13H15N5OS. The number of aryl methyl sites for hydroxylation is 2. The lowest BCUT2D eigenvalue weighted by molar-refractivity contribution is 0.932. The summed E-state index contributed by atoms with van der Waals surface area (Å²) in [6.45, 7) is 4.66. The van der Waals surface area contributed by atoms with E-state index in [9.17, 15) is 4.79 Å². The number of aromatic nitrogens is 4. The largest absolute Gasteiger partial charge is 0.365 e. The zero-order valence-electron chi connectivity index (χ0n) is 11.3. The molecule has 0 amide bonds. The van der Waals surface area contributed by atoms with Crippen LogP contribution in [-0.4, -0.2) is 19.6 Å². The normalized spacial score (nSPS) is 11.1. The van der Waals surface area contributed by atoms with Gasteiger partial charge in [0, 0.05) is 15.8 Å². The van der Waals surface area contributed by atoms with Gasteiger partial charge < -0.3 is 5.32 Å². The number of H-pyrrole nitrogens is 1. The fourth-order valence-electron chi connectivity index (χ4n) is 2.07. The van der Waals surface area contributed by atoms with E-state index >= 15 is 0 Å². The van der Waals surface area contributed by atoms with Gasteiger partial charge in [0.2, 0.25) is 0 Å². The van der Waals surface area contributed by atoms with Crippen molar-refractivity contribution in [3.05, 3.63) is 44.3 Å². The Hall–Kier alpha value is -2.15. The van der Waals surface area contributed by atoms with E-state index in [-0.39, 0.29) is 5.69 Å². The number of hydrogen-bond donors (Lipinski definition) is 2. The maximum atomic E-state index is 11.5. The van der Waals surface area contributed by atoms with E-state index < -0.39 is 0 Å². The summed E-state index contributed by atoms with van der Waals surface area (Å²) in [5.41, 5.74) is 0.313. The number of nitrogens with zero attached hydrogens (tertiary/aromatic N) is 3. The van der Waals surface area contributed by atoms with Gasteiger partial charge in [-0.25, -0.2) is 19.3 Å². The minimum absolute atomic E-state index is 0.262. The molecule has 0 atom stereocenters. The van der Waals surface area contributed by atoms with Crippen LogP contribution in [0.1, 0.15) is 22.5 Å². The molecule has 0 saturated heterocycles. The lowest BCUT2D eigenvalue weighted by atomic mass is 10.3. The van der Waals surface area contributed by atoms with Crippen LogP contribution in [0.4, 0.5) is 5.82 Å². The Kier molecular flexibility index (Phi) is 3.27. The zero-order valence-corrected chi connectivity index (χ0v) is 12.1. The number of rotatable bonds is 4. The molecule has 0 aliphatic rings. The van der Waals surface area contributed by atoms with Crippen molar-refractivity contribution >= 4 is 22.8 Å². The predicted octanol–water partition coefficient (Wildman–Crippen LogP) is 1.96. The maximum absolute atomic E-state index is 11.5. The first kappa shape index (κ1) is 12.9. The van der Waals surface area contributed by atoms with E-state index in [1.165, 1.54) is 14.2 Å². The first-order valence-electron chi connectivity index (χ1n) is 6.43. The molecule has 3 heterocycles. The monoisotopic (exact) mass is 289 g/mol. The van der Waals surface area contributed by atoms with Gasteiger partial charge in [-0.05, 0) is 25.5 Å². The summed E-state index contributed by atoms with van der Waals surface area (Å²) in [6.07, 6.45) is 1.06. The van der Waals surface area contributed by atoms with Crippen molar-refractivity contribution in [2.45, 2.75) is 26.8 Å². The first-order valence-corrected chi connectivity index (χ1v) is 7.25. The second-order valence-electron chi connectivity index (χ2n) is 4.49. The molecule has 3 rings (SSSR count). The van der Waals surface area contributed by atoms with Crippen LogP contribution in [0, 0.1) is 6.92 Å². The zero-order chi connectivity index (χ0) is 14.1. The van der Waals surface area contributed by atoms with Crippen LogP contribution in [0.5, 0.6) is 0 Å². The molecule has 3 aromatic heterocycles. The Bertz CT molecular complexity index is 801. The fraction of sp³-hybridized carbons (Fsp3) is 0.308. The molecule has 0 saturated carbocycles. The molecule has 20 heavy (non-hydrogen) atoms. The smallest absolute Gasteiger partial charge is 0.349 e. The summed E-state index contributed by atoms with van der Waals surface area (Å²) >= 11 is 1.80. The molecule has 7 heteroatoms. The summed E-state index contributed by atoms with van der Waals surface area (Å²) in [6, 6.07) is 6.04. The van der Waals surface area contributed by atoms with Gasteiger partial charge in [0.1, 0.15) is 11.6 Å². The third kappa shape index (κ3) is 2.32. The molecular weight excluding hydrogens is 274 g/mol. The van der Waals surface area contributed by atoms with Crippen molar-refractivity contribution in [3.63, 3.8) is 0 Å². The van der Waals surface area contributed by atoms with Gasteiger partial charge in [-0.1, -0.05) is 6.92 Å². The van der Waals surface area contributed by atoms with Crippen LogP contribution in [0.25, 0.3) is 5.65 Å². The number of thiophene rings is 1. The summed E-state index contributed by atoms with van der Waals surface area (Å²) in [7, 11) is 0. The van der Waals surface area contributed by atoms with Gasteiger partial charge in [-0.3, -0.25) is 0 Å². The van der Waals surface area contributed by atoms with Gasteiger partial charge in [-0.2, -0.15) is 5.10 Å². The minimum Gasteiger partial charge on any atom is -0.365 e. The minimum atomic E-state index is -0.262. The highest BCUT2D eigenvalue weighted by atomic mass is 32.1. The van der Waals surface area contributed by atoms with E-state index in [1.807, 2.05) is 0 Å². The summed E-state index contributed by atoms with van der Waals surface area (Å²) < 4.78 is 1.45. The highest BCUT2D eigenvalue weighted by Crippen LogP contribution is 2.18. The summed E-state index contributed by atoms with van der Waals surface area (Å²) in [4.78, 5) is 18.5. The highest BCUT2D eigenvalue weighted by molar-refractivity contribution is 7.12. The molecule has 104 valence electrons. The van der Waals surface area contributed by atoms with Crippen molar-refractivity contribution in [2.24, 2.45) is 0 Å². The molecule has 0 spiro atoms. The molecule has 0 aliphatic heterocycles. The average molecular weight is 289 g/mol. The second-order valence-corrected chi connectivity index (χ2v) is 5.74. The first-order chi connectivity index (χ1) is 9.67. The molecule has 0 aliphatic carbocycles. The quantitative estimate of drug-likeness (QED) is 0.770. The SMILES string of the molecule is CCc1ccc(CNc2cc3n[nH]c(=O)n3c(C)n2)s1. The Labute approximate surface area is 119 Å². The number of hydrogen-bond acceptors (Lipinski definition) is 5. The molecule has 6 nitrogen and oxygen atoms in total. The van der Waals surface area contributed by atoms with Crippen LogP contribution in [-0.2, 0) is 13.0 Å². The van der Waals surface area contributed by atoms with Gasteiger partial charge in [0.25, 0.3) is 0 Å². The average Bonchev–Trinajstić information content (AvgIpc) is 3.03. The maximum Gasteiger partial charge on any atom is 0.349 e. The summed E-state index contributed by atoms with van der Waals surface area (Å²) in [5, 5.41) is 9.65. The molecule has 0 radical (unpaired) electrons. The van der Waals surface area contributed by atoms with E-state index in [4.69, 9.17) is 0 Å². The Morgan fingerprint density at radius 2 is 2.20 bits per heavy atom. The third-order valence-electron chi connectivity index (χ3n) is 3.08. The number of anilines is 1. The Morgan fingerprint density at radius 1 is 1.40 bits per heavy atom. The molecule has 3 aromatic rings. The predicted molar refractivity (Wildman–Crippen MR) is 79.4 cm³/mol. The van der Waals surface area contributed by atoms with E-state index in [0.29, 0.717) is 11.5 Å². The third-order valence-corrected chi connectivity index (χ3v) is 4.31. The van der Waals surface area contributed by atoms with Crippen LogP contribution < -0.4 is 11.0 Å². The van der Waals surface area contributed by atoms with Crippen LogP contribution in [0.2, 0.25) is 0 Å². The molecule has 2 N–H and O–H groups in total. The molecule has 0 aromatic carbocycles. The topological polar surface area (TPSA) is 75.1 Å². The second kappa shape index (κ2) is 5.09. The van der Waals surface area contributed by atoms with Gasteiger partial charge in [-0.15, -0.1) is 11.3 Å². The van der Waals surface area contributed by atoms with Crippen molar-refractivity contribution in [2.75, 3.05) is 5.32 Å². The van der Waals surface area contributed by atoms with E-state index in [1.54, 1.807) is 24.3 Å². The highest BCUT2D eigenvalue weighted by Gasteiger charge is 2.07. The van der Waals surface area contributed by atoms with Crippen molar-refractivity contribution in [1.29, 1.82) is 0 Å². The van der Waals surface area contributed by atoms with Gasteiger partial charge in [0.15, 0.2) is 5.65 Å². The number of aromatic amines is 1. The number of nitrogens with one attached hydrogen (secondary N) is 2. The van der Waals surface area contributed by atoms with Crippen molar-refractivity contribution in [3.8, 4) is 0 Å². The van der Waals surface area contributed by atoms with Gasteiger partial charge >= 0.3 is 5.69 Å². The molecule has 0 bridgehead atoms. The van der Waals surface area contributed by atoms with Crippen molar-refractivity contribution in [1.82, 2.24) is 19.6 Å². The Balaban J connectivity index is 1.82. The number of fused-ring (bicyclic) bond motifs is 1. The fourth-order valence-corrected chi connectivity index (χ4v) is 2.97. The van der Waals surface area contributed by atoms with E-state index in [0.717, 1.165) is 18.8 Å². The lowest BCUT2D eigenvalue weighted by Gasteiger charge is -2.05. The molecule has 0 fully saturated rings. The van der Waals surface area contributed by atoms with Crippen molar-refractivity contribution < 1.29 is 0 Å². The Morgan fingerprint density at radius 3 is 2.95 bits per heavy atom. The summed E-state index contributed by atoms with van der Waals surface area (Å²) in [5.74, 6) is 1.34.